The van der Waals surface area contributed by atoms with E-state index in [9.17, 15) is 0 Å². The molecular formula is C19H35N7OS. The number of methoxy groups -OCH3 is 1. The Balaban J connectivity index is 1.50. The molecule has 1 saturated carbocycles. The number of piperazine rings is 1. The van der Waals surface area contributed by atoms with Crippen molar-refractivity contribution in [3.05, 3.63) is 5.82 Å². The Kier molecular flexibility index (Phi) is 8.29. The van der Waals surface area contributed by atoms with Crippen molar-refractivity contribution in [2.75, 3.05) is 71.0 Å². The van der Waals surface area contributed by atoms with Gasteiger partial charge in [0.15, 0.2) is 5.96 Å². The van der Waals surface area contributed by atoms with Crippen molar-refractivity contribution in [1.29, 1.82) is 0 Å². The van der Waals surface area contributed by atoms with Crippen molar-refractivity contribution in [3.8, 4) is 0 Å². The smallest absolute Gasteiger partial charge is 0.205 e. The first-order chi connectivity index (χ1) is 13.7. The highest BCUT2D eigenvalue weighted by Gasteiger charge is 2.28. The third-order valence-electron chi connectivity index (χ3n) is 5.25. The van der Waals surface area contributed by atoms with E-state index in [2.05, 4.69) is 43.2 Å². The Morgan fingerprint density at radius 3 is 2.64 bits per heavy atom. The molecule has 9 heteroatoms. The standard InChI is InChI=1S/C19H35N7OS/c1-4-17-22-19(28-23-17)26-12-10-25(11-13-26)18(20-5-2)21-8-9-24(14-15-27-3)16-6-7-16/h16H,4-15H2,1-3H3,(H,20,21). The quantitative estimate of drug-likeness (QED) is 0.461. The molecule has 1 aliphatic carbocycles. The highest BCUT2D eigenvalue weighted by Crippen LogP contribution is 2.26. The summed E-state index contributed by atoms with van der Waals surface area (Å²) in [5.41, 5.74) is 0. The molecule has 8 nitrogen and oxygen atoms in total. The molecule has 2 aliphatic rings. The average Bonchev–Trinajstić information content (AvgIpc) is 3.46. The zero-order valence-corrected chi connectivity index (χ0v) is 18.4. The summed E-state index contributed by atoms with van der Waals surface area (Å²) in [6.07, 6.45) is 3.54. The predicted molar refractivity (Wildman–Crippen MR) is 116 cm³/mol. The first-order valence-corrected chi connectivity index (χ1v) is 11.4. The molecule has 1 aliphatic heterocycles. The number of aliphatic imine (C=N–C) groups is 1. The highest BCUT2D eigenvalue weighted by atomic mass is 32.1. The van der Waals surface area contributed by atoms with E-state index in [4.69, 9.17) is 9.73 Å². The molecule has 0 amide bonds. The summed E-state index contributed by atoms with van der Waals surface area (Å²) < 4.78 is 9.67. The van der Waals surface area contributed by atoms with E-state index in [1.165, 1.54) is 24.4 Å². The van der Waals surface area contributed by atoms with Crippen LogP contribution in [0, 0.1) is 0 Å². The van der Waals surface area contributed by atoms with Crippen molar-refractivity contribution < 1.29 is 4.74 Å². The number of nitrogens with one attached hydrogen (secondary N) is 1. The Labute approximate surface area is 173 Å². The molecule has 1 N–H and O–H groups in total. The lowest BCUT2D eigenvalue weighted by atomic mass is 10.3. The summed E-state index contributed by atoms with van der Waals surface area (Å²) >= 11 is 1.52. The van der Waals surface area contributed by atoms with Gasteiger partial charge in [-0.1, -0.05) is 6.92 Å². The number of anilines is 1. The van der Waals surface area contributed by atoms with Crippen LogP contribution in [0.5, 0.6) is 0 Å². The second-order valence-corrected chi connectivity index (χ2v) is 8.05. The van der Waals surface area contributed by atoms with Crippen molar-refractivity contribution in [3.63, 3.8) is 0 Å². The molecule has 1 aromatic heterocycles. The van der Waals surface area contributed by atoms with Crippen LogP contribution in [0.4, 0.5) is 5.13 Å². The Morgan fingerprint density at radius 1 is 1.25 bits per heavy atom. The van der Waals surface area contributed by atoms with Crippen molar-refractivity contribution >= 4 is 22.6 Å². The zero-order valence-electron chi connectivity index (χ0n) is 17.6. The number of aryl methyl sites for hydroxylation is 1. The van der Waals surface area contributed by atoms with E-state index in [0.29, 0.717) is 0 Å². The van der Waals surface area contributed by atoms with Gasteiger partial charge in [-0.2, -0.15) is 4.37 Å². The van der Waals surface area contributed by atoms with E-state index in [1.54, 1.807) is 7.11 Å². The number of guanidine groups is 1. The lowest BCUT2D eigenvalue weighted by molar-refractivity contribution is 0.145. The summed E-state index contributed by atoms with van der Waals surface area (Å²) in [5.74, 6) is 1.99. The largest absolute Gasteiger partial charge is 0.383 e. The van der Waals surface area contributed by atoms with Gasteiger partial charge in [-0.3, -0.25) is 9.89 Å². The number of hydrogen-bond acceptors (Lipinski definition) is 7. The van der Waals surface area contributed by atoms with Gasteiger partial charge < -0.3 is 19.9 Å². The minimum atomic E-state index is 0.747. The van der Waals surface area contributed by atoms with Crippen LogP contribution in [-0.2, 0) is 11.2 Å². The minimum absolute atomic E-state index is 0.747. The Morgan fingerprint density at radius 2 is 2.04 bits per heavy atom. The van der Waals surface area contributed by atoms with Crippen molar-refractivity contribution in [1.82, 2.24) is 24.5 Å². The molecule has 2 heterocycles. The monoisotopic (exact) mass is 409 g/mol. The van der Waals surface area contributed by atoms with Crippen LogP contribution in [-0.4, -0.2) is 97.2 Å². The van der Waals surface area contributed by atoms with Gasteiger partial charge in [0.1, 0.15) is 5.82 Å². The summed E-state index contributed by atoms with van der Waals surface area (Å²) in [7, 11) is 1.77. The topological polar surface area (TPSA) is 69.1 Å². The highest BCUT2D eigenvalue weighted by molar-refractivity contribution is 7.09. The molecule has 0 bridgehead atoms. The molecule has 158 valence electrons. The average molecular weight is 410 g/mol. The summed E-state index contributed by atoms with van der Waals surface area (Å²) in [6, 6.07) is 0.747. The molecule has 0 spiro atoms. The van der Waals surface area contributed by atoms with E-state index in [0.717, 1.165) is 88.3 Å². The second-order valence-electron chi connectivity index (χ2n) is 7.32. The SMILES string of the molecule is CCNC(=NCCN(CCOC)C1CC1)N1CCN(c2nc(CC)ns2)CC1. The van der Waals surface area contributed by atoms with Crippen molar-refractivity contribution in [2.24, 2.45) is 4.99 Å². The number of aromatic nitrogens is 2. The van der Waals surface area contributed by atoms with Crippen LogP contribution in [0.25, 0.3) is 0 Å². The third kappa shape index (κ3) is 6.02. The third-order valence-corrected chi connectivity index (χ3v) is 6.07. The van der Waals surface area contributed by atoms with Crippen LogP contribution in [0.3, 0.4) is 0 Å². The molecule has 1 aromatic rings. The van der Waals surface area contributed by atoms with E-state index in [-0.39, 0.29) is 0 Å². The molecule has 3 rings (SSSR count). The maximum Gasteiger partial charge on any atom is 0.205 e. The minimum Gasteiger partial charge on any atom is -0.383 e. The van der Waals surface area contributed by atoms with Gasteiger partial charge >= 0.3 is 0 Å². The predicted octanol–water partition coefficient (Wildman–Crippen LogP) is 1.30. The summed E-state index contributed by atoms with van der Waals surface area (Å²) in [5, 5.41) is 4.52. The molecular weight excluding hydrogens is 374 g/mol. The van der Waals surface area contributed by atoms with Crippen LogP contribution in [0.15, 0.2) is 4.99 Å². The second kappa shape index (κ2) is 10.9. The number of nitrogens with zero attached hydrogens (tertiary/aromatic N) is 6. The Hall–Kier alpha value is -1.45. The molecule has 0 unspecified atom stereocenters. The van der Waals surface area contributed by atoms with Gasteiger partial charge in [0.2, 0.25) is 5.13 Å². The first-order valence-electron chi connectivity index (χ1n) is 10.6. The first kappa shape index (κ1) is 21.3. The maximum absolute atomic E-state index is 5.26. The van der Waals surface area contributed by atoms with Crippen molar-refractivity contribution in [2.45, 2.75) is 39.2 Å². The molecule has 0 aromatic carbocycles. The fourth-order valence-electron chi connectivity index (χ4n) is 3.46. The number of rotatable bonds is 10. The van der Waals surface area contributed by atoms with Crippen LogP contribution < -0.4 is 10.2 Å². The van der Waals surface area contributed by atoms with Gasteiger partial charge in [0, 0.05) is 76.9 Å². The molecule has 1 saturated heterocycles. The van der Waals surface area contributed by atoms with Gasteiger partial charge in [0.25, 0.3) is 0 Å². The fourth-order valence-corrected chi connectivity index (χ4v) is 4.26. The fraction of sp³-hybridized carbons (Fsp3) is 0.842. The van der Waals surface area contributed by atoms with Gasteiger partial charge in [-0.05, 0) is 19.8 Å². The lowest BCUT2D eigenvalue weighted by Crippen LogP contribution is -2.52. The molecule has 0 radical (unpaired) electrons. The Bertz CT molecular complexity index is 611. The normalized spacial score (nSPS) is 18.2. The van der Waals surface area contributed by atoms with Crippen LogP contribution in [0.2, 0.25) is 0 Å². The molecule has 2 fully saturated rings. The number of ether oxygens (including phenoxy) is 1. The number of hydrogen-bond donors (Lipinski definition) is 1. The molecule has 0 atom stereocenters. The summed E-state index contributed by atoms with van der Waals surface area (Å²) in [6.45, 7) is 12.6. The van der Waals surface area contributed by atoms with Gasteiger partial charge in [0.05, 0.1) is 13.2 Å². The van der Waals surface area contributed by atoms with E-state index < -0.39 is 0 Å². The zero-order chi connectivity index (χ0) is 19.8. The molecule has 28 heavy (non-hydrogen) atoms. The lowest BCUT2D eigenvalue weighted by Gasteiger charge is -2.36. The van der Waals surface area contributed by atoms with E-state index in [1.807, 2.05) is 0 Å². The van der Waals surface area contributed by atoms with Crippen LogP contribution >= 0.6 is 11.5 Å². The van der Waals surface area contributed by atoms with E-state index >= 15 is 0 Å². The summed E-state index contributed by atoms with van der Waals surface area (Å²) in [4.78, 5) is 16.8. The van der Waals surface area contributed by atoms with Gasteiger partial charge in [-0.25, -0.2) is 4.98 Å². The van der Waals surface area contributed by atoms with Crippen LogP contribution in [0.1, 0.15) is 32.5 Å². The maximum atomic E-state index is 5.26. The van der Waals surface area contributed by atoms with Gasteiger partial charge in [-0.15, -0.1) is 0 Å².